The average molecular weight is 1820 g/mol. The normalized spacial score (nSPS) is 14.3. The fourth-order valence-electron chi connectivity index (χ4n) is 23.2. The quantitative estimate of drug-likeness (QED) is 0.121. The number of aryl methyl sites for hydroxylation is 8. The van der Waals surface area contributed by atoms with Crippen LogP contribution in [0.1, 0.15) is 68.8 Å². The lowest BCUT2D eigenvalue weighted by molar-refractivity contribution is 0.294. The van der Waals surface area contributed by atoms with Gasteiger partial charge in [0.15, 0.2) is 0 Å². The molecule has 0 amide bonds. The molecule has 0 radical (unpaired) electrons. The molecule has 19 heteroatoms. The zero-order valence-electron chi connectivity index (χ0n) is 75.7. The molecular weight excluding hydrogens is 1730 g/mol. The lowest BCUT2D eigenvalue weighted by atomic mass is 10.0. The van der Waals surface area contributed by atoms with Crippen molar-refractivity contribution in [3.63, 3.8) is 0 Å². The summed E-state index contributed by atoms with van der Waals surface area (Å²) in [4.78, 5) is 30.8. The van der Waals surface area contributed by atoms with E-state index in [2.05, 4.69) is 390 Å². The lowest BCUT2D eigenvalue weighted by Gasteiger charge is -2.37. The molecular formula is C116H88N12O3S2Si2. The van der Waals surface area contributed by atoms with E-state index in [0.717, 1.165) is 121 Å². The van der Waals surface area contributed by atoms with E-state index >= 15 is 0 Å². The second-order valence-corrected chi connectivity index (χ2v) is 45.7. The van der Waals surface area contributed by atoms with Crippen molar-refractivity contribution in [3.05, 3.63) is 378 Å². The van der Waals surface area contributed by atoms with Gasteiger partial charge in [-0.2, -0.15) is 0 Å². The van der Waals surface area contributed by atoms with Gasteiger partial charge < -0.3 is 13.6 Å². The van der Waals surface area contributed by atoms with Gasteiger partial charge in [-0.05, 0) is 152 Å². The average Bonchev–Trinajstić information content (AvgIpc) is 1.57. The summed E-state index contributed by atoms with van der Waals surface area (Å²) >= 11 is 3.82. The summed E-state index contributed by atoms with van der Waals surface area (Å²) in [7, 11) is -4.84. The Hall–Kier alpha value is -15.1. The standard InChI is InChI=1S/C28H20N2OSi.C19H16N2.C18H16N2OSi.C17H12N2O.2C17H12N2S/c1-19-28-30-26-23(22-15-8-9-16-24(22)27(30)29-19)17-10-18-25(26)31-32(28,20-11-4-2-5-12-20)21-13-6-3-7-14-21;1-12-17-11-5-7-13-6-4-10-15-14-8-2-3-9-16(14)19(20-12)21(17)18(13)15;1-11-18-20-16-13(9-6-10-15(16)21-22(18,2)3)12-7-4-5-8-14(12)17(20)19-11;1-10-14-9-20-15-8-4-7-12-11-5-2-3-6-13(11)17(18-10)19(14)16(12)15;1-10-17-19-15-11(9-20-17)5-4-8-13(15)12-6-2-3-7-14(12)16(19)18-10;1-10-14-9-20-15-8-4-7-12-11-5-2-3-6-13(11)17(18-10)19(14)16(12)15/h2-18H,1H3;2-4,6,8-10H,5,7,11H2,1H3;4-10H,1-3H3;3*2-8H,9H2,1H3. The number of thioether (sulfide) groups is 2. The van der Waals surface area contributed by atoms with Crippen LogP contribution in [0.25, 0.3) is 164 Å². The topological polar surface area (TPSA) is 131 Å². The van der Waals surface area contributed by atoms with Crippen LogP contribution in [0.3, 0.4) is 0 Å². The molecule has 6 aliphatic heterocycles. The van der Waals surface area contributed by atoms with E-state index in [4.69, 9.17) is 43.5 Å². The van der Waals surface area contributed by atoms with Crippen LogP contribution in [-0.4, -0.2) is 72.9 Å². The van der Waals surface area contributed by atoms with E-state index in [0.29, 0.717) is 6.61 Å². The SMILES string of the molecule is Cc1nc2c3ccccc3c3cccc4c3n2c1CCC4.Cc1nc2c3ccccc3c3cccc4c3n2c1CO4.Cc1nc2c3ccccc3c3cccc4c3n2c1CS4.Cc1nc2c3ccccc3c3cccc4c3n2c1SC4.Cc1nc2c3ccccc3c3cccc4c3n2c1[Si](C)(C)O4.Cc1nc2c3ccccc3c3cccc4c3n2c1[Si](c1ccccc1)(c1ccccc1)O4. The van der Waals surface area contributed by atoms with Crippen LogP contribution in [0.2, 0.25) is 13.1 Å². The molecule has 0 unspecified atom stereocenters. The molecule has 135 heavy (non-hydrogen) atoms. The predicted molar refractivity (Wildman–Crippen MR) is 561 cm³/mol. The summed E-state index contributed by atoms with van der Waals surface area (Å²) in [6.07, 6.45) is 3.49. The first kappa shape index (κ1) is 79.6. The van der Waals surface area contributed by atoms with Crippen LogP contribution in [0.5, 0.6) is 17.2 Å². The van der Waals surface area contributed by atoms with Gasteiger partial charge in [0.25, 0.3) is 8.32 Å². The minimum absolute atomic E-state index is 0.595. The third kappa shape index (κ3) is 11.6. The van der Waals surface area contributed by atoms with Crippen LogP contribution in [0, 0.1) is 41.5 Å². The number of hydrogen-bond donors (Lipinski definition) is 0. The number of aromatic nitrogens is 12. The van der Waals surface area contributed by atoms with Crippen LogP contribution < -0.4 is 34.6 Å². The minimum Gasteiger partial charge on any atom is -0.537 e. The number of fused-ring (bicyclic) bond motifs is 18. The Balaban J connectivity index is 0.0000000831. The van der Waals surface area contributed by atoms with E-state index in [1.165, 1.54) is 185 Å². The van der Waals surface area contributed by atoms with Gasteiger partial charge in [0.1, 0.15) is 62.8 Å². The zero-order valence-corrected chi connectivity index (χ0v) is 79.3. The molecule has 650 valence electrons. The Bertz CT molecular complexity index is 9220. The first-order chi connectivity index (χ1) is 66.2. The van der Waals surface area contributed by atoms with Crippen LogP contribution in [0.15, 0.2) is 325 Å². The number of rotatable bonds is 2. The maximum Gasteiger partial charge on any atom is 0.365 e. The molecule has 0 saturated heterocycles. The maximum atomic E-state index is 7.22. The number of nitrogens with zero attached hydrogens (tertiary/aromatic N) is 12. The predicted octanol–water partition coefficient (Wildman–Crippen LogP) is 25.5. The van der Waals surface area contributed by atoms with E-state index in [9.17, 15) is 0 Å². The molecule has 32 rings (SSSR count). The highest BCUT2D eigenvalue weighted by Gasteiger charge is 2.51. The Labute approximate surface area is 786 Å². The second-order valence-electron chi connectivity index (χ2n) is 36.8. The third-order valence-electron chi connectivity index (χ3n) is 28.8. The number of ether oxygens (including phenoxy) is 1. The Morgan fingerprint density at radius 1 is 0.259 bits per heavy atom. The van der Waals surface area contributed by atoms with Gasteiger partial charge in [-0.15, -0.1) is 23.5 Å². The van der Waals surface area contributed by atoms with Crippen molar-refractivity contribution in [1.29, 1.82) is 0 Å². The van der Waals surface area contributed by atoms with E-state index in [-0.39, 0.29) is 0 Å². The van der Waals surface area contributed by atoms with Crippen LogP contribution in [-0.2, 0) is 31.0 Å². The molecule has 0 bridgehead atoms. The third-order valence-corrected chi connectivity index (χ3v) is 37.6. The smallest absolute Gasteiger partial charge is 0.365 e. The summed E-state index contributed by atoms with van der Waals surface area (Å²) in [6, 6.07) is 112. The molecule has 0 atom stereocenters. The Morgan fingerprint density at radius 3 is 1.12 bits per heavy atom. The minimum atomic E-state index is -2.84. The highest BCUT2D eigenvalue weighted by atomic mass is 32.2. The first-order valence-electron chi connectivity index (χ1n) is 46.5. The van der Waals surface area contributed by atoms with E-state index < -0.39 is 16.6 Å². The van der Waals surface area contributed by atoms with Crippen molar-refractivity contribution in [3.8, 4) is 17.2 Å². The van der Waals surface area contributed by atoms with Gasteiger partial charge in [-0.3, -0.25) is 26.4 Å². The molecule has 0 saturated carbocycles. The fraction of sp³-hybridized carbons (Fsp3) is 0.121. The molecule has 26 aromatic rings. The Morgan fingerprint density at radius 2 is 0.607 bits per heavy atom. The summed E-state index contributed by atoms with van der Waals surface area (Å²) in [5.74, 6) is 4.93. The molecule has 0 N–H and O–H groups in total. The van der Waals surface area contributed by atoms with Crippen molar-refractivity contribution in [2.24, 2.45) is 0 Å². The molecule has 15 nitrogen and oxygen atoms in total. The monoisotopic (exact) mass is 1820 g/mol. The summed E-state index contributed by atoms with van der Waals surface area (Å²) < 4.78 is 33.8. The van der Waals surface area contributed by atoms with Crippen LogP contribution in [0.4, 0.5) is 0 Å². The first-order valence-corrected chi connectivity index (χ1v) is 53.3. The second kappa shape index (κ2) is 30.2. The fourth-order valence-corrected chi connectivity index (χ4v) is 32.0. The van der Waals surface area contributed by atoms with Crippen LogP contribution >= 0.6 is 23.5 Å². The summed E-state index contributed by atoms with van der Waals surface area (Å²) in [6.45, 7) is 17.8. The van der Waals surface area contributed by atoms with Gasteiger partial charge in [0, 0.05) is 86.7 Å². The van der Waals surface area contributed by atoms with Crippen molar-refractivity contribution < 1.29 is 13.6 Å². The van der Waals surface area contributed by atoms with Gasteiger partial charge >= 0.3 is 8.32 Å². The number of imidazole rings is 6. The van der Waals surface area contributed by atoms with Crippen molar-refractivity contribution in [2.45, 2.75) is 102 Å². The molecule has 0 fully saturated rings. The molecule has 14 aromatic carbocycles. The summed E-state index contributed by atoms with van der Waals surface area (Å²) in [5.41, 5.74) is 27.4. The van der Waals surface area contributed by atoms with Crippen molar-refractivity contribution in [2.75, 3.05) is 0 Å². The number of hydrogen-bond acceptors (Lipinski definition) is 11. The van der Waals surface area contributed by atoms with Crippen molar-refractivity contribution >= 4 is 225 Å². The molecule has 0 aliphatic carbocycles. The van der Waals surface area contributed by atoms with E-state index in [1.807, 2.05) is 29.6 Å². The van der Waals surface area contributed by atoms with Gasteiger partial charge in [-0.25, -0.2) is 29.9 Å². The zero-order chi connectivity index (χ0) is 90.1. The Kier molecular flexibility index (Phi) is 17.8. The molecule has 12 aromatic heterocycles. The van der Waals surface area contributed by atoms with Crippen molar-refractivity contribution in [1.82, 2.24) is 56.3 Å². The highest BCUT2D eigenvalue weighted by Crippen LogP contribution is 2.47. The van der Waals surface area contributed by atoms with Gasteiger partial charge in [0.05, 0.1) is 89.3 Å². The summed E-state index contributed by atoms with van der Waals surface area (Å²) in [5, 5.41) is 28.9. The van der Waals surface area contributed by atoms with Gasteiger partial charge in [-0.1, -0.05) is 291 Å². The number of benzene rings is 14. The number of para-hydroxylation sites is 6. The molecule has 18 heterocycles. The number of pyridine rings is 6. The molecule has 0 spiro atoms. The molecule has 6 aliphatic rings. The maximum absolute atomic E-state index is 7.22. The van der Waals surface area contributed by atoms with E-state index in [1.54, 1.807) is 0 Å². The van der Waals surface area contributed by atoms with Gasteiger partial charge in [0.2, 0.25) is 0 Å². The largest absolute Gasteiger partial charge is 0.537 e. The highest BCUT2D eigenvalue weighted by molar-refractivity contribution is 7.99. The lowest BCUT2D eigenvalue weighted by Crippen LogP contribution is -2.74.